The molecule has 10 nitrogen and oxygen atoms in total. The number of hydrogen-bond donors (Lipinski definition) is 6. The Kier molecular flexibility index (Phi) is 10.5. The van der Waals surface area contributed by atoms with Crippen LogP contribution in [-0.2, 0) is 19.2 Å². The Hall–Kier alpha value is -2.20. The number of nitrogens with one attached hydrogen (secondary N) is 3. The molecule has 0 saturated carbocycles. The minimum Gasteiger partial charge on any atom is -0.480 e. The van der Waals surface area contributed by atoms with Gasteiger partial charge in [-0.25, -0.2) is 4.79 Å². The maximum absolute atomic E-state index is 12.0. The predicted molar refractivity (Wildman–Crippen MR) is 93.9 cm³/mol. The third-order valence-electron chi connectivity index (χ3n) is 4.05. The highest BCUT2D eigenvalue weighted by molar-refractivity contribution is 5.92. The van der Waals surface area contributed by atoms with Crippen LogP contribution in [0.2, 0.25) is 0 Å². The second kappa shape index (κ2) is 11.4. The van der Waals surface area contributed by atoms with Crippen LogP contribution in [0.3, 0.4) is 0 Å². The van der Waals surface area contributed by atoms with Crippen molar-refractivity contribution in [3.63, 3.8) is 0 Å². The van der Waals surface area contributed by atoms with Crippen molar-refractivity contribution in [3.8, 4) is 0 Å². The third kappa shape index (κ3) is 7.79. The van der Waals surface area contributed by atoms with Crippen LogP contribution >= 0.6 is 0 Å². The molecule has 0 aromatic heterocycles. The first-order chi connectivity index (χ1) is 12.0. The van der Waals surface area contributed by atoms with E-state index in [-0.39, 0.29) is 11.8 Å². The van der Waals surface area contributed by atoms with Gasteiger partial charge < -0.3 is 31.9 Å². The molecule has 0 aliphatic heterocycles. The van der Waals surface area contributed by atoms with E-state index in [9.17, 15) is 24.3 Å². The van der Waals surface area contributed by atoms with Crippen LogP contribution in [0.4, 0.5) is 0 Å². The number of aliphatic hydroxyl groups excluding tert-OH is 1. The van der Waals surface area contributed by atoms with Crippen molar-refractivity contribution in [2.45, 2.75) is 52.2 Å². The highest BCUT2D eigenvalue weighted by Crippen LogP contribution is 2.05. The molecule has 0 aromatic rings. The average Bonchev–Trinajstić information content (AvgIpc) is 2.59. The average molecular weight is 374 g/mol. The number of hydrogen-bond acceptors (Lipinski definition) is 6. The van der Waals surface area contributed by atoms with Crippen LogP contribution in [0.15, 0.2) is 0 Å². The number of nitrogens with two attached hydrogens (primary N) is 1. The topological polar surface area (TPSA) is 171 Å². The molecule has 26 heavy (non-hydrogen) atoms. The van der Waals surface area contributed by atoms with E-state index in [0.717, 1.165) is 0 Å². The van der Waals surface area contributed by atoms with Gasteiger partial charge in [-0.1, -0.05) is 34.1 Å². The van der Waals surface area contributed by atoms with Crippen LogP contribution in [-0.4, -0.2) is 65.2 Å². The molecule has 0 aliphatic rings. The Morgan fingerprint density at radius 2 is 1.62 bits per heavy atom. The van der Waals surface area contributed by atoms with E-state index in [2.05, 4.69) is 16.0 Å². The van der Waals surface area contributed by atoms with Gasteiger partial charge in [-0.3, -0.25) is 14.4 Å². The van der Waals surface area contributed by atoms with Gasteiger partial charge in [0, 0.05) is 0 Å². The summed E-state index contributed by atoms with van der Waals surface area (Å²) in [5.74, 6) is -3.67. The summed E-state index contributed by atoms with van der Waals surface area (Å²) < 4.78 is 0. The van der Waals surface area contributed by atoms with E-state index in [4.69, 9.17) is 10.8 Å². The van der Waals surface area contributed by atoms with E-state index < -0.39 is 55.0 Å². The molecule has 4 unspecified atom stereocenters. The second-order valence-electron chi connectivity index (χ2n) is 6.50. The summed E-state index contributed by atoms with van der Waals surface area (Å²) in [7, 11) is 0. The number of carboxylic acids is 1. The van der Waals surface area contributed by atoms with Gasteiger partial charge in [-0.15, -0.1) is 0 Å². The first-order valence-electron chi connectivity index (χ1n) is 8.51. The number of rotatable bonds is 11. The molecule has 0 spiro atoms. The minimum absolute atomic E-state index is 0.104. The Morgan fingerprint density at radius 1 is 1.04 bits per heavy atom. The Balaban J connectivity index is 4.60. The largest absolute Gasteiger partial charge is 0.480 e. The van der Waals surface area contributed by atoms with Gasteiger partial charge in [-0.2, -0.15) is 0 Å². The van der Waals surface area contributed by atoms with E-state index in [1.54, 1.807) is 20.8 Å². The summed E-state index contributed by atoms with van der Waals surface area (Å²) in [5.41, 5.74) is 5.76. The monoisotopic (exact) mass is 374 g/mol. The number of amides is 3. The first kappa shape index (κ1) is 23.8. The van der Waals surface area contributed by atoms with Gasteiger partial charge in [0.05, 0.1) is 19.2 Å². The Bertz CT molecular complexity index is 511. The molecular weight excluding hydrogens is 344 g/mol. The van der Waals surface area contributed by atoms with E-state index in [1.807, 2.05) is 6.92 Å². The zero-order valence-corrected chi connectivity index (χ0v) is 15.6. The molecule has 0 saturated heterocycles. The molecule has 0 rings (SSSR count). The van der Waals surface area contributed by atoms with Crippen molar-refractivity contribution in [2.24, 2.45) is 17.6 Å². The van der Waals surface area contributed by atoms with Crippen LogP contribution in [0.25, 0.3) is 0 Å². The molecule has 0 bridgehead atoms. The quantitative estimate of drug-likeness (QED) is 0.247. The van der Waals surface area contributed by atoms with E-state index >= 15 is 0 Å². The second-order valence-corrected chi connectivity index (χ2v) is 6.50. The van der Waals surface area contributed by atoms with Gasteiger partial charge >= 0.3 is 5.97 Å². The zero-order chi connectivity index (χ0) is 20.4. The standard InChI is InChI=1S/C16H30N4O6/c1-5-9(4)12(17)15(24)19-10(7-21)14(23)18-6-11(22)20-13(8(2)3)16(25)26/h8-10,12-13,21H,5-7,17H2,1-4H3,(H,18,23)(H,19,24)(H,20,22)(H,25,26). The van der Waals surface area contributed by atoms with E-state index in [0.29, 0.717) is 6.42 Å². The van der Waals surface area contributed by atoms with Crippen LogP contribution < -0.4 is 21.7 Å². The smallest absolute Gasteiger partial charge is 0.326 e. The summed E-state index contributed by atoms with van der Waals surface area (Å²) >= 11 is 0. The number of carboxylic acid groups (broad SMARTS) is 1. The van der Waals surface area contributed by atoms with Crippen molar-refractivity contribution in [1.29, 1.82) is 0 Å². The molecule has 150 valence electrons. The molecule has 0 fully saturated rings. The summed E-state index contributed by atoms with van der Waals surface area (Å²) in [6.07, 6.45) is 0.672. The van der Waals surface area contributed by atoms with Gasteiger partial charge in [0.15, 0.2) is 0 Å². The molecule has 0 aromatic carbocycles. The van der Waals surface area contributed by atoms with Crippen molar-refractivity contribution in [3.05, 3.63) is 0 Å². The highest BCUT2D eigenvalue weighted by atomic mass is 16.4. The number of aliphatic carboxylic acids is 1. The lowest BCUT2D eigenvalue weighted by Gasteiger charge is -2.22. The fraction of sp³-hybridized carbons (Fsp3) is 0.750. The minimum atomic E-state index is -1.26. The molecule has 0 aliphatic carbocycles. The van der Waals surface area contributed by atoms with Gasteiger partial charge in [0.25, 0.3) is 0 Å². The summed E-state index contributed by atoms with van der Waals surface area (Å²) in [6, 6.07) is -3.17. The van der Waals surface area contributed by atoms with E-state index in [1.165, 1.54) is 0 Å². The molecule has 7 N–H and O–H groups in total. The van der Waals surface area contributed by atoms with Crippen molar-refractivity contribution in [2.75, 3.05) is 13.2 Å². The van der Waals surface area contributed by atoms with Crippen LogP contribution in [0.1, 0.15) is 34.1 Å². The maximum atomic E-state index is 12.0. The Morgan fingerprint density at radius 3 is 2.04 bits per heavy atom. The van der Waals surface area contributed by atoms with Crippen molar-refractivity contribution in [1.82, 2.24) is 16.0 Å². The molecule has 0 heterocycles. The number of carbonyl (C=O) groups excluding carboxylic acids is 3. The molecule has 3 amide bonds. The lowest BCUT2D eigenvalue weighted by molar-refractivity contribution is -0.143. The normalized spacial score (nSPS) is 15.5. The molecule has 0 radical (unpaired) electrons. The van der Waals surface area contributed by atoms with Crippen molar-refractivity contribution >= 4 is 23.7 Å². The number of aliphatic hydroxyl groups is 1. The Labute approximate surface area is 152 Å². The summed E-state index contributed by atoms with van der Waals surface area (Å²) in [5, 5.41) is 25.2. The lowest BCUT2D eigenvalue weighted by atomic mass is 9.99. The number of carbonyl (C=O) groups is 4. The van der Waals surface area contributed by atoms with Gasteiger partial charge in [0.2, 0.25) is 17.7 Å². The summed E-state index contributed by atoms with van der Waals surface area (Å²) in [6.45, 7) is 5.77. The third-order valence-corrected chi connectivity index (χ3v) is 4.05. The lowest BCUT2D eigenvalue weighted by Crippen LogP contribution is -2.56. The SMILES string of the molecule is CCC(C)C(N)C(=O)NC(CO)C(=O)NCC(=O)NC(C(=O)O)C(C)C. The maximum Gasteiger partial charge on any atom is 0.326 e. The summed E-state index contributed by atoms with van der Waals surface area (Å²) in [4.78, 5) is 46.8. The van der Waals surface area contributed by atoms with Crippen molar-refractivity contribution < 1.29 is 29.4 Å². The van der Waals surface area contributed by atoms with Gasteiger partial charge in [0.1, 0.15) is 12.1 Å². The molecule has 10 heteroatoms. The van der Waals surface area contributed by atoms with Crippen LogP contribution in [0, 0.1) is 11.8 Å². The fourth-order valence-electron chi connectivity index (χ4n) is 2.00. The fourth-order valence-corrected chi connectivity index (χ4v) is 2.00. The highest BCUT2D eigenvalue weighted by Gasteiger charge is 2.27. The zero-order valence-electron chi connectivity index (χ0n) is 15.6. The first-order valence-corrected chi connectivity index (χ1v) is 8.51. The predicted octanol–water partition coefficient (Wildman–Crippen LogP) is -1.82. The molecular formula is C16H30N4O6. The van der Waals surface area contributed by atoms with Crippen LogP contribution in [0.5, 0.6) is 0 Å². The molecule has 4 atom stereocenters. The van der Waals surface area contributed by atoms with Gasteiger partial charge in [-0.05, 0) is 11.8 Å².